The third-order valence-corrected chi connectivity index (χ3v) is 2.75. The maximum atomic E-state index is 6.07. The lowest BCUT2D eigenvalue weighted by molar-refractivity contribution is 0.566. The average Bonchev–Trinajstić information content (AvgIpc) is 2.74. The van der Waals surface area contributed by atoms with E-state index in [0.717, 1.165) is 30.8 Å². The van der Waals surface area contributed by atoms with Crippen LogP contribution in [0.25, 0.3) is 0 Å². The van der Waals surface area contributed by atoms with Crippen LogP contribution in [0.5, 0.6) is 0 Å². The molecule has 0 fully saturated rings. The zero-order valence-electron chi connectivity index (χ0n) is 9.95. The van der Waals surface area contributed by atoms with Gasteiger partial charge in [-0.05, 0) is 25.0 Å². The Morgan fingerprint density at radius 3 is 2.88 bits per heavy atom. The fourth-order valence-corrected chi connectivity index (χ4v) is 1.72. The number of nitrogens with two attached hydrogens (primary N) is 1. The molecule has 0 amide bonds. The van der Waals surface area contributed by atoms with Gasteiger partial charge < -0.3 is 5.73 Å². The van der Waals surface area contributed by atoms with E-state index in [-0.39, 0.29) is 6.04 Å². The topological polar surface area (TPSA) is 69.6 Å². The van der Waals surface area contributed by atoms with Crippen LogP contribution in [0, 0.1) is 0 Å². The minimum absolute atomic E-state index is 0.0971. The fourth-order valence-electron chi connectivity index (χ4n) is 1.72. The lowest BCUT2D eigenvalue weighted by Gasteiger charge is -2.10. The van der Waals surface area contributed by atoms with Crippen molar-refractivity contribution in [2.75, 3.05) is 0 Å². The highest BCUT2D eigenvalue weighted by Crippen LogP contribution is 2.04. The third kappa shape index (κ3) is 3.35. The Balaban J connectivity index is 1.82. The first-order valence-electron chi connectivity index (χ1n) is 5.74. The van der Waals surface area contributed by atoms with Crippen LogP contribution in [0.3, 0.4) is 0 Å². The van der Waals surface area contributed by atoms with Crippen molar-refractivity contribution in [1.29, 1.82) is 0 Å². The zero-order valence-corrected chi connectivity index (χ0v) is 9.95. The Kier molecular flexibility index (Phi) is 3.82. The van der Waals surface area contributed by atoms with E-state index in [1.54, 1.807) is 11.0 Å². The molecule has 0 aliphatic rings. The summed E-state index contributed by atoms with van der Waals surface area (Å²) in [5, 5.41) is 4.03. The third-order valence-electron chi connectivity index (χ3n) is 2.75. The minimum Gasteiger partial charge on any atom is -0.327 e. The Morgan fingerprint density at radius 1 is 1.35 bits per heavy atom. The molecule has 2 heterocycles. The molecule has 1 unspecified atom stereocenters. The monoisotopic (exact) mass is 231 g/mol. The summed E-state index contributed by atoms with van der Waals surface area (Å²) in [5.41, 5.74) is 7.16. The molecule has 5 nitrogen and oxygen atoms in total. The van der Waals surface area contributed by atoms with E-state index in [9.17, 15) is 0 Å². The van der Waals surface area contributed by atoms with Crippen LogP contribution in [0.1, 0.15) is 17.9 Å². The second-order valence-corrected chi connectivity index (χ2v) is 4.12. The predicted molar refractivity (Wildman–Crippen MR) is 65.2 cm³/mol. The van der Waals surface area contributed by atoms with Crippen LogP contribution in [0.15, 0.2) is 30.7 Å². The predicted octanol–water partition coefficient (Wildman–Crippen LogP) is 0.713. The van der Waals surface area contributed by atoms with Crippen molar-refractivity contribution in [1.82, 2.24) is 19.7 Å². The molecule has 0 saturated carbocycles. The summed E-state index contributed by atoms with van der Waals surface area (Å²) < 4.78 is 1.76. The first-order valence-corrected chi connectivity index (χ1v) is 5.74. The molecule has 0 aliphatic heterocycles. The van der Waals surface area contributed by atoms with E-state index in [0.29, 0.717) is 0 Å². The van der Waals surface area contributed by atoms with Gasteiger partial charge in [0, 0.05) is 31.4 Å². The smallest absolute Gasteiger partial charge is 0.138 e. The summed E-state index contributed by atoms with van der Waals surface area (Å²) in [6, 6.07) is 6.04. The lowest BCUT2D eigenvalue weighted by Crippen LogP contribution is -2.25. The largest absolute Gasteiger partial charge is 0.327 e. The highest BCUT2D eigenvalue weighted by atomic mass is 15.3. The molecule has 17 heavy (non-hydrogen) atoms. The second-order valence-electron chi connectivity index (χ2n) is 4.12. The fraction of sp³-hybridized carbons (Fsp3) is 0.417. The Morgan fingerprint density at radius 2 is 2.24 bits per heavy atom. The molecule has 1 atom stereocenters. The molecule has 0 saturated heterocycles. The van der Waals surface area contributed by atoms with Gasteiger partial charge in [0.15, 0.2) is 0 Å². The van der Waals surface area contributed by atoms with Gasteiger partial charge in [0.25, 0.3) is 0 Å². The number of rotatable bonds is 5. The molecule has 2 rings (SSSR count). The molecule has 5 heteroatoms. The van der Waals surface area contributed by atoms with Crippen LogP contribution in [-0.2, 0) is 19.9 Å². The molecular weight excluding hydrogens is 214 g/mol. The molecule has 90 valence electrons. The van der Waals surface area contributed by atoms with Crippen LogP contribution < -0.4 is 5.73 Å². The first-order chi connectivity index (χ1) is 8.25. The zero-order chi connectivity index (χ0) is 12.1. The summed E-state index contributed by atoms with van der Waals surface area (Å²) in [5.74, 6) is 0.929. The van der Waals surface area contributed by atoms with Crippen molar-refractivity contribution in [3.63, 3.8) is 0 Å². The molecule has 2 N–H and O–H groups in total. The van der Waals surface area contributed by atoms with Crippen molar-refractivity contribution < 1.29 is 0 Å². The van der Waals surface area contributed by atoms with E-state index in [2.05, 4.69) is 15.1 Å². The van der Waals surface area contributed by atoms with Crippen LogP contribution in [0.2, 0.25) is 0 Å². The molecule has 0 radical (unpaired) electrons. The van der Waals surface area contributed by atoms with Crippen molar-refractivity contribution in [3.8, 4) is 0 Å². The number of nitrogens with zero attached hydrogens (tertiary/aromatic N) is 4. The first kappa shape index (κ1) is 11.7. The van der Waals surface area contributed by atoms with Crippen molar-refractivity contribution in [2.24, 2.45) is 12.8 Å². The van der Waals surface area contributed by atoms with Crippen LogP contribution in [-0.4, -0.2) is 25.8 Å². The maximum absolute atomic E-state index is 6.07. The van der Waals surface area contributed by atoms with E-state index >= 15 is 0 Å². The van der Waals surface area contributed by atoms with Crippen molar-refractivity contribution in [3.05, 3.63) is 42.2 Å². The summed E-state index contributed by atoms with van der Waals surface area (Å²) in [4.78, 5) is 8.44. The van der Waals surface area contributed by atoms with Crippen LogP contribution >= 0.6 is 0 Å². The Hall–Kier alpha value is -1.75. The highest BCUT2D eigenvalue weighted by molar-refractivity contribution is 5.04. The van der Waals surface area contributed by atoms with Crippen molar-refractivity contribution in [2.45, 2.75) is 25.3 Å². The normalized spacial score (nSPS) is 12.6. The van der Waals surface area contributed by atoms with Crippen molar-refractivity contribution >= 4 is 0 Å². The SMILES string of the molecule is Cn1ncnc1CC(N)CCc1ccccn1. The summed E-state index contributed by atoms with van der Waals surface area (Å²) in [7, 11) is 1.88. The second kappa shape index (κ2) is 5.54. The highest BCUT2D eigenvalue weighted by Gasteiger charge is 2.08. The maximum Gasteiger partial charge on any atom is 0.138 e. The Bertz CT molecular complexity index is 451. The van der Waals surface area contributed by atoms with E-state index in [4.69, 9.17) is 5.73 Å². The van der Waals surface area contributed by atoms with Gasteiger partial charge in [-0.3, -0.25) is 9.67 Å². The van der Waals surface area contributed by atoms with Gasteiger partial charge in [0.05, 0.1) is 0 Å². The molecule has 0 aliphatic carbocycles. The van der Waals surface area contributed by atoms with E-state index < -0.39 is 0 Å². The number of pyridine rings is 1. The van der Waals surface area contributed by atoms with Gasteiger partial charge in [-0.1, -0.05) is 6.07 Å². The van der Waals surface area contributed by atoms with Gasteiger partial charge in [-0.25, -0.2) is 4.98 Å². The van der Waals surface area contributed by atoms with Gasteiger partial charge >= 0.3 is 0 Å². The molecule has 2 aromatic rings. The van der Waals surface area contributed by atoms with Gasteiger partial charge in [0.1, 0.15) is 12.2 Å². The quantitative estimate of drug-likeness (QED) is 0.823. The van der Waals surface area contributed by atoms with E-state index in [1.165, 1.54) is 0 Å². The van der Waals surface area contributed by atoms with Gasteiger partial charge in [-0.15, -0.1) is 0 Å². The average molecular weight is 231 g/mol. The number of aromatic nitrogens is 4. The molecule has 2 aromatic heterocycles. The summed E-state index contributed by atoms with van der Waals surface area (Å²) >= 11 is 0. The molecular formula is C12H17N5. The summed E-state index contributed by atoms with van der Waals surface area (Å²) in [6.07, 6.45) is 5.93. The Labute approximate surface area is 101 Å². The molecule has 0 spiro atoms. The lowest BCUT2D eigenvalue weighted by atomic mass is 10.1. The molecule has 0 bridgehead atoms. The number of aryl methyl sites for hydroxylation is 2. The van der Waals surface area contributed by atoms with Gasteiger partial charge in [0.2, 0.25) is 0 Å². The van der Waals surface area contributed by atoms with E-state index in [1.807, 2.05) is 31.4 Å². The standard InChI is InChI=1S/C12H17N5/c1-17-12(15-9-16-17)8-10(13)5-6-11-4-2-3-7-14-11/h2-4,7,9-10H,5-6,8,13H2,1H3. The minimum atomic E-state index is 0.0971. The number of hydrogen-bond donors (Lipinski definition) is 1. The number of hydrogen-bond acceptors (Lipinski definition) is 4. The summed E-state index contributed by atoms with van der Waals surface area (Å²) in [6.45, 7) is 0. The van der Waals surface area contributed by atoms with Gasteiger partial charge in [-0.2, -0.15) is 5.10 Å². The molecule has 0 aromatic carbocycles. The van der Waals surface area contributed by atoms with Crippen LogP contribution in [0.4, 0.5) is 0 Å².